The van der Waals surface area contributed by atoms with Gasteiger partial charge in [0.15, 0.2) is 0 Å². The zero-order valence-corrected chi connectivity index (χ0v) is 28.1. The molecule has 0 bridgehead atoms. The van der Waals surface area contributed by atoms with Crippen molar-refractivity contribution < 1.29 is 8.83 Å². The molecular formula is C48H30N2O2. The summed E-state index contributed by atoms with van der Waals surface area (Å²) in [6.45, 7) is 0. The molecule has 8 aromatic carbocycles. The SMILES string of the molecule is c1ccc2c(c1)Cc1ccccc1N2c1ccc2c(c1)oc1ccc3c(ccc4oc5cc(N6c7ccccc7Cc7ccccc76)ccc5c43)c12. The largest absolute Gasteiger partial charge is 0.456 e. The lowest BCUT2D eigenvalue weighted by atomic mass is 9.94. The molecule has 2 aromatic heterocycles. The number of furan rings is 2. The second-order valence-corrected chi connectivity index (χ2v) is 14.1. The molecule has 0 fully saturated rings. The van der Waals surface area contributed by atoms with E-state index in [9.17, 15) is 0 Å². The number of hydrogen-bond donors (Lipinski definition) is 0. The van der Waals surface area contributed by atoms with Gasteiger partial charge < -0.3 is 18.6 Å². The predicted octanol–water partition coefficient (Wildman–Crippen LogP) is 13.4. The highest BCUT2D eigenvalue weighted by Crippen LogP contribution is 2.48. The van der Waals surface area contributed by atoms with Gasteiger partial charge in [-0.2, -0.15) is 0 Å². The number of rotatable bonds is 2. The van der Waals surface area contributed by atoms with Gasteiger partial charge in [-0.1, -0.05) is 72.8 Å². The Labute approximate surface area is 299 Å². The first-order valence-electron chi connectivity index (χ1n) is 17.9. The third kappa shape index (κ3) is 3.86. The van der Waals surface area contributed by atoms with E-state index in [1.165, 1.54) is 45.0 Å². The molecule has 0 spiro atoms. The molecule has 2 aliphatic rings. The Morgan fingerprint density at radius 1 is 0.327 bits per heavy atom. The maximum absolute atomic E-state index is 6.63. The van der Waals surface area contributed by atoms with Crippen LogP contribution in [0.15, 0.2) is 167 Å². The minimum atomic E-state index is 0.879. The Kier molecular flexibility index (Phi) is 5.58. The van der Waals surface area contributed by atoms with E-state index in [0.29, 0.717) is 0 Å². The summed E-state index contributed by atoms with van der Waals surface area (Å²) < 4.78 is 13.3. The van der Waals surface area contributed by atoms with E-state index in [2.05, 4.69) is 168 Å². The van der Waals surface area contributed by atoms with Crippen molar-refractivity contribution in [2.45, 2.75) is 12.8 Å². The lowest BCUT2D eigenvalue weighted by molar-refractivity contribution is 0.668. The lowest BCUT2D eigenvalue weighted by Crippen LogP contribution is -2.18. The minimum absolute atomic E-state index is 0.879. The Morgan fingerprint density at radius 3 is 1.06 bits per heavy atom. The molecule has 244 valence electrons. The second kappa shape index (κ2) is 10.4. The van der Waals surface area contributed by atoms with Crippen LogP contribution in [-0.4, -0.2) is 0 Å². The molecule has 0 saturated heterocycles. The summed E-state index contributed by atoms with van der Waals surface area (Å²) in [7, 11) is 0. The fourth-order valence-corrected chi connectivity index (χ4v) is 8.95. The van der Waals surface area contributed by atoms with Crippen molar-refractivity contribution in [3.63, 3.8) is 0 Å². The van der Waals surface area contributed by atoms with Gasteiger partial charge in [-0.3, -0.25) is 0 Å². The van der Waals surface area contributed by atoms with Gasteiger partial charge in [-0.05, 0) is 106 Å². The summed E-state index contributed by atoms with van der Waals surface area (Å²) >= 11 is 0. The van der Waals surface area contributed by atoms with Gasteiger partial charge in [-0.25, -0.2) is 0 Å². The lowest BCUT2D eigenvalue weighted by Gasteiger charge is -2.33. The molecule has 0 atom stereocenters. The van der Waals surface area contributed by atoms with Gasteiger partial charge in [0, 0.05) is 80.6 Å². The summed E-state index contributed by atoms with van der Waals surface area (Å²) in [4.78, 5) is 4.74. The van der Waals surface area contributed by atoms with Crippen molar-refractivity contribution in [3.05, 3.63) is 180 Å². The van der Waals surface area contributed by atoms with Crippen LogP contribution < -0.4 is 9.80 Å². The highest BCUT2D eigenvalue weighted by molar-refractivity contribution is 6.27. The van der Waals surface area contributed by atoms with Gasteiger partial charge in [0.2, 0.25) is 0 Å². The van der Waals surface area contributed by atoms with E-state index < -0.39 is 0 Å². The first-order valence-corrected chi connectivity index (χ1v) is 17.9. The van der Waals surface area contributed by atoms with Crippen LogP contribution in [0.5, 0.6) is 0 Å². The van der Waals surface area contributed by atoms with Gasteiger partial charge >= 0.3 is 0 Å². The third-order valence-electron chi connectivity index (χ3n) is 11.2. The van der Waals surface area contributed by atoms with Gasteiger partial charge in [-0.15, -0.1) is 0 Å². The van der Waals surface area contributed by atoms with E-state index >= 15 is 0 Å². The Balaban J connectivity index is 1.01. The van der Waals surface area contributed by atoms with Gasteiger partial charge in [0.1, 0.15) is 22.3 Å². The number of fused-ring (bicyclic) bond motifs is 13. The number of nitrogens with zero attached hydrogens (tertiary/aromatic N) is 2. The molecule has 0 unspecified atom stereocenters. The molecule has 0 aliphatic carbocycles. The highest BCUT2D eigenvalue weighted by atomic mass is 16.3. The van der Waals surface area contributed by atoms with Crippen molar-refractivity contribution in [3.8, 4) is 0 Å². The monoisotopic (exact) mass is 666 g/mol. The molecule has 52 heavy (non-hydrogen) atoms. The molecule has 0 radical (unpaired) electrons. The zero-order valence-electron chi connectivity index (χ0n) is 28.1. The number of para-hydroxylation sites is 4. The number of benzene rings is 8. The second-order valence-electron chi connectivity index (χ2n) is 14.1. The van der Waals surface area contributed by atoms with E-state index in [1.54, 1.807) is 0 Å². The highest BCUT2D eigenvalue weighted by Gasteiger charge is 2.26. The van der Waals surface area contributed by atoms with Gasteiger partial charge in [0.05, 0.1) is 0 Å². The van der Waals surface area contributed by atoms with Crippen molar-refractivity contribution in [2.75, 3.05) is 9.80 Å². The topological polar surface area (TPSA) is 32.8 Å². The molecule has 0 N–H and O–H groups in total. The summed E-state index contributed by atoms with van der Waals surface area (Å²) in [5, 5.41) is 6.81. The Hall–Kier alpha value is -6.78. The molecular weight excluding hydrogens is 637 g/mol. The minimum Gasteiger partial charge on any atom is -0.456 e. The smallest absolute Gasteiger partial charge is 0.137 e. The van der Waals surface area contributed by atoms with Crippen LogP contribution in [-0.2, 0) is 12.8 Å². The molecule has 0 saturated carbocycles. The van der Waals surface area contributed by atoms with E-state index in [4.69, 9.17) is 8.83 Å². The third-order valence-corrected chi connectivity index (χ3v) is 11.2. The Morgan fingerprint density at radius 2 is 0.673 bits per heavy atom. The molecule has 10 aromatic rings. The van der Waals surface area contributed by atoms with E-state index in [1.807, 2.05) is 0 Å². The summed E-state index contributed by atoms with van der Waals surface area (Å²) in [5.41, 5.74) is 15.9. The molecule has 0 amide bonds. The van der Waals surface area contributed by atoms with Crippen LogP contribution in [0.3, 0.4) is 0 Å². The fraction of sp³-hybridized carbons (Fsp3) is 0.0417. The fourth-order valence-electron chi connectivity index (χ4n) is 8.95. The predicted molar refractivity (Wildman–Crippen MR) is 213 cm³/mol. The maximum atomic E-state index is 6.63. The number of anilines is 6. The van der Waals surface area contributed by atoms with Crippen LogP contribution in [0.2, 0.25) is 0 Å². The van der Waals surface area contributed by atoms with Crippen LogP contribution in [0, 0.1) is 0 Å². The summed E-state index contributed by atoms with van der Waals surface area (Å²) in [5.74, 6) is 0. The van der Waals surface area contributed by atoms with Crippen molar-refractivity contribution in [1.82, 2.24) is 0 Å². The van der Waals surface area contributed by atoms with Gasteiger partial charge in [0.25, 0.3) is 0 Å². The average molecular weight is 667 g/mol. The van der Waals surface area contributed by atoms with Crippen molar-refractivity contribution in [1.29, 1.82) is 0 Å². The summed E-state index contributed by atoms with van der Waals surface area (Å²) in [6.07, 6.45) is 1.86. The summed E-state index contributed by atoms with van der Waals surface area (Å²) in [6, 6.07) is 56.8. The van der Waals surface area contributed by atoms with Crippen molar-refractivity contribution >= 4 is 88.8 Å². The molecule has 4 heterocycles. The molecule has 4 heteroatoms. The Bertz CT molecular complexity index is 2810. The first kappa shape index (κ1) is 28.0. The van der Waals surface area contributed by atoms with Crippen molar-refractivity contribution in [2.24, 2.45) is 0 Å². The van der Waals surface area contributed by atoms with Crippen LogP contribution in [0.4, 0.5) is 34.1 Å². The standard InChI is InChI=1S/C48H30N2O2/c1-5-13-39-29(9-1)25-30-10-2-6-14-40(30)49(39)33-17-19-37-45(27-33)51-43-23-21-36-35(47(37)43)22-24-44-48(36)38-20-18-34(28-46(38)52-44)50-41-15-7-3-11-31(41)26-32-12-4-8-16-42(32)50/h1-24,27-28H,25-26H2. The average Bonchev–Trinajstić information content (AvgIpc) is 3.76. The molecule has 12 rings (SSSR count). The van der Waals surface area contributed by atoms with E-state index in [0.717, 1.165) is 78.9 Å². The molecule has 2 aliphatic heterocycles. The van der Waals surface area contributed by atoms with Crippen LogP contribution >= 0.6 is 0 Å². The normalized spacial score (nSPS) is 13.5. The quantitative estimate of drug-likeness (QED) is 0.184. The van der Waals surface area contributed by atoms with Crippen LogP contribution in [0.1, 0.15) is 22.3 Å². The molecule has 4 nitrogen and oxygen atoms in total. The first-order chi connectivity index (χ1) is 25.8. The number of hydrogen-bond acceptors (Lipinski definition) is 4. The van der Waals surface area contributed by atoms with Crippen LogP contribution in [0.25, 0.3) is 54.6 Å². The van der Waals surface area contributed by atoms with E-state index in [-0.39, 0.29) is 0 Å². The zero-order chi connectivity index (χ0) is 33.9. The maximum Gasteiger partial charge on any atom is 0.137 e.